The van der Waals surface area contributed by atoms with Crippen LogP contribution in [0.5, 0.6) is 0 Å². The van der Waals surface area contributed by atoms with E-state index in [2.05, 4.69) is 5.32 Å². The lowest BCUT2D eigenvalue weighted by atomic mass is 10.0. The van der Waals surface area contributed by atoms with Gasteiger partial charge < -0.3 is 15.1 Å². The number of alkyl halides is 6. The van der Waals surface area contributed by atoms with E-state index in [4.69, 9.17) is 0 Å². The normalized spacial score (nSPS) is 16.6. The van der Waals surface area contributed by atoms with Crippen LogP contribution in [0, 0.1) is 5.92 Å². The minimum absolute atomic E-state index is 0.0290. The molecule has 0 unspecified atom stereocenters. The highest BCUT2D eigenvalue weighted by atomic mass is 19.4. The number of hydrogen-bond acceptors (Lipinski definition) is 5. The average Bonchev–Trinajstić information content (AvgIpc) is 2.97. The number of carbonyl (C=O) groups excluding carboxylic acids is 2. The van der Waals surface area contributed by atoms with E-state index in [0.29, 0.717) is 21.9 Å². The van der Waals surface area contributed by atoms with E-state index in [1.807, 2.05) is 0 Å². The van der Waals surface area contributed by atoms with Gasteiger partial charge in [0.1, 0.15) is 18.6 Å². The van der Waals surface area contributed by atoms with Crippen LogP contribution in [0.4, 0.5) is 31.1 Å². The summed E-state index contributed by atoms with van der Waals surface area (Å²) in [5.41, 5.74) is -3.89. The van der Waals surface area contributed by atoms with E-state index >= 15 is 0 Å². The Morgan fingerprint density at radius 3 is 2.06 bits per heavy atom. The first-order valence-electron chi connectivity index (χ1n) is 10.5. The van der Waals surface area contributed by atoms with Crippen molar-refractivity contribution in [1.82, 2.24) is 15.1 Å². The van der Waals surface area contributed by atoms with Crippen LogP contribution in [0.25, 0.3) is 0 Å². The molecule has 0 aliphatic carbocycles. The van der Waals surface area contributed by atoms with Gasteiger partial charge in [-0.2, -0.15) is 26.3 Å². The second-order valence-corrected chi connectivity index (χ2v) is 8.59. The molecule has 9 nitrogen and oxygen atoms in total. The van der Waals surface area contributed by atoms with Crippen LogP contribution in [0.3, 0.4) is 0 Å². The summed E-state index contributed by atoms with van der Waals surface area (Å²) in [6, 6.07) is -3.32. The van der Waals surface area contributed by atoms with Gasteiger partial charge in [-0.05, 0) is 30.0 Å². The van der Waals surface area contributed by atoms with Crippen LogP contribution in [0.1, 0.15) is 37.0 Å². The molecule has 1 aromatic rings. The van der Waals surface area contributed by atoms with Crippen molar-refractivity contribution in [2.45, 2.75) is 51.2 Å². The summed E-state index contributed by atoms with van der Waals surface area (Å²) in [5.74, 6) is -4.06. The molecule has 3 N–H and O–H groups in total. The van der Waals surface area contributed by atoms with Gasteiger partial charge in [-0.15, -0.1) is 0 Å². The molecule has 0 radical (unpaired) electrons. The maximum atomic E-state index is 13.4. The Morgan fingerprint density at radius 1 is 1.00 bits per heavy atom. The van der Waals surface area contributed by atoms with Crippen LogP contribution in [-0.2, 0) is 33.3 Å². The SMILES string of the molecule is CC(C)C[C@H](N[C@@H](CN1C(=O)CN(Cc2ccc(C(F)(F)F)cc2C(F)(F)F)C1=O)C(=O)O)C(=O)O. The van der Waals surface area contributed by atoms with E-state index in [-0.39, 0.29) is 18.4 Å². The molecule has 1 heterocycles. The maximum Gasteiger partial charge on any atom is 0.416 e. The van der Waals surface area contributed by atoms with Crippen molar-refractivity contribution in [3.63, 3.8) is 0 Å². The fourth-order valence-electron chi connectivity index (χ4n) is 3.60. The van der Waals surface area contributed by atoms with Crippen molar-refractivity contribution in [3.8, 4) is 0 Å². The highest BCUT2D eigenvalue weighted by Crippen LogP contribution is 2.38. The van der Waals surface area contributed by atoms with Crippen molar-refractivity contribution in [1.29, 1.82) is 0 Å². The lowest BCUT2D eigenvalue weighted by Crippen LogP contribution is -2.53. The van der Waals surface area contributed by atoms with Gasteiger partial charge in [0, 0.05) is 6.54 Å². The second-order valence-electron chi connectivity index (χ2n) is 8.59. The quantitative estimate of drug-likeness (QED) is 0.315. The van der Waals surface area contributed by atoms with Crippen LogP contribution in [0.15, 0.2) is 18.2 Å². The third kappa shape index (κ3) is 7.08. The van der Waals surface area contributed by atoms with Crippen molar-refractivity contribution < 1.29 is 55.7 Å². The number of rotatable bonds is 10. The molecular weight excluding hydrogens is 504 g/mol. The Kier molecular flexibility index (Phi) is 8.60. The highest BCUT2D eigenvalue weighted by Gasteiger charge is 2.42. The number of carboxylic acid groups (broad SMARTS) is 2. The Labute approximate surface area is 200 Å². The number of benzene rings is 1. The van der Waals surface area contributed by atoms with E-state index < -0.39 is 84.6 Å². The second kappa shape index (κ2) is 10.7. The van der Waals surface area contributed by atoms with Gasteiger partial charge in [-0.3, -0.25) is 24.6 Å². The van der Waals surface area contributed by atoms with E-state index in [0.717, 1.165) is 0 Å². The van der Waals surface area contributed by atoms with E-state index in [1.54, 1.807) is 13.8 Å². The van der Waals surface area contributed by atoms with Crippen molar-refractivity contribution in [3.05, 3.63) is 34.9 Å². The molecule has 1 saturated heterocycles. The summed E-state index contributed by atoms with van der Waals surface area (Å²) < 4.78 is 78.9. The number of nitrogens with zero attached hydrogens (tertiary/aromatic N) is 2. The lowest BCUT2D eigenvalue weighted by Gasteiger charge is -2.25. The largest absolute Gasteiger partial charge is 0.480 e. The summed E-state index contributed by atoms with van der Waals surface area (Å²) >= 11 is 0. The van der Waals surface area contributed by atoms with Crippen molar-refractivity contribution in [2.24, 2.45) is 5.92 Å². The van der Waals surface area contributed by atoms with Crippen molar-refractivity contribution >= 4 is 23.9 Å². The Hall–Kier alpha value is -3.36. The number of halogens is 6. The first kappa shape index (κ1) is 28.9. The zero-order valence-corrected chi connectivity index (χ0v) is 19.0. The van der Waals surface area contributed by atoms with Gasteiger partial charge in [0.05, 0.1) is 17.7 Å². The molecule has 0 aromatic heterocycles. The number of carboxylic acids is 2. The number of amides is 3. The molecule has 0 bridgehead atoms. The average molecular weight is 527 g/mol. The predicted molar refractivity (Wildman–Crippen MR) is 109 cm³/mol. The first-order valence-corrected chi connectivity index (χ1v) is 10.5. The zero-order valence-electron chi connectivity index (χ0n) is 19.0. The molecule has 0 spiro atoms. The first-order chi connectivity index (χ1) is 16.4. The monoisotopic (exact) mass is 527 g/mol. The fourth-order valence-corrected chi connectivity index (χ4v) is 3.60. The van der Waals surface area contributed by atoms with Gasteiger partial charge in [-0.25, -0.2) is 4.79 Å². The summed E-state index contributed by atoms with van der Waals surface area (Å²) in [6.07, 6.45) is -10.2. The molecule has 1 aromatic carbocycles. The number of imide groups is 1. The van der Waals surface area contributed by atoms with E-state index in [9.17, 15) is 55.7 Å². The Morgan fingerprint density at radius 2 is 1.58 bits per heavy atom. The number of carbonyl (C=O) groups is 4. The summed E-state index contributed by atoms with van der Waals surface area (Å²) in [7, 11) is 0. The van der Waals surface area contributed by atoms with Gasteiger partial charge in [0.15, 0.2) is 0 Å². The smallest absolute Gasteiger partial charge is 0.416 e. The molecular formula is C21H23F6N3O6. The molecule has 1 aliphatic heterocycles. The predicted octanol–water partition coefficient (Wildman–Crippen LogP) is 3.03. The highest BCUT2D eigenvalue weighted by molar-refractivity contribution is 6.02. The summed E-state index contributed by atoms with van der Waals surface area (Å²) in [6.45, 7) is 0.942. The van der Waals surface area contributed by atoms with Crippen LogP contribution in [-0.4, -0.2) is 69.1 Å². The lowest BCUT2D eigenvalue weighted by molar-refractivity contribution is -0.145. The van der Waals surface area contributed by atoms with Crippen LogP contribution < -0.4 is 5.32 Å². The molecule has 1 aliphatic rings. The van der Waals surface area contributed by atoms with Crippen molar-refractivity contribution in [2.75, 3.05) is 13.1 Å². The minimum Gasteiger partial charge on any atom is -0.480 e. The number of nitrogens with one attached hydrogen (secondary N) is 1. The standard InChI is InChI=1S/C21H23F6N3O6/c1-10(2)5-14(17(32)33)28-15(18(34)35)8-30-16(31)9-29(19(30)36)7-11-3-4-12(20(22,23)24)6-13(11)21(25,26)27/h3-4,6,10,14-15,28H,5,7-9H2,1-2H3,(H,32,33)(H,34,35)/t14-,15-/m0/s1. The third-order valence-corrected chi connectivity index (χ3v) is 5.30. The number of hydrogen-bond donors (Lipinski definition) is 3. The van der Waals surface area contributed by atoms with E-state index in [1.165, 1.54) is 0 Å². The minimum atomic E-state index is -5.19. The van der Waals surface area contributed by atoms with Crippen LogP contribution in [0.2, 0.25) is 0 Å². The zero-order chi connectivity index (χ0) is 27.6. The molecule has 1 fully saturated rings. The Balaban J connectivity index is 2.25. The number of aliphatic carboxylic acids is 2. The Bertz CT molecular complexity index is 1030. The molecule has 36 heavy (non-hydrogen) atoms. The maximum absolute atomic E-state index is 13.4. The van der Waals surface area contributed by atoms with Gasteiger partial charge in [-0.1, -0.05) is 19.9 Å². The van der Waals surface area contributed by atoms with Gasteiger partial charge >= 0.3 is 30.3 Å². The topological polar surface area (TPSA) is 127 Å². The van der Waals surface area contributed by atoms with Gasteiger partial charge in [0.25, 0.3) is 0 Å². The molecule has 3 amide bonds. The van der Waals surface area contributed by atoms with Crippen LogP contribution >= 0.6 is 0 Å². The molecule has 2 atom stereocenters. The summed E-state index contributed by atoms with van der Waals surface area (Å²) in [5, 5.41) is 21.1. The molecule has 0 saturated carbocycles. The number of urea groups is 1. The van der Waals surface area contributed by atoms with Gasteiger partial charge in [0.2, 0.25) is 5.91 Å². The molecule has 2 rings (SSSR count). The molecule has 15 heteroatoms. The third-order valence-electron chi connectivity index (χ3n) is 5.30. The summed E-state index contributed by atoms with van der Waals surface area (Å²) in [4.78, 5) is 49.2. The fraction of sp³-hybridized carbons (Fsp3) is 0.524. The molecule has 200 valence electrons.